The van der Waals surface area contributed by atoms with Crippen LogP contribution in [0.25, 0.3) is 0 Å². The van der Waals surface area contributed by atoms with Gasteiger partial charge in [0.1, 0.15) is 11.9 Å². The quantitative estimate of drug-likeness (QED) is 0.490. The lowest BCUT2D eigenvalue weighted by Crippen LogP contribution is -2.23. The fourth-order valence-electron chi connectivity index (χ4n) is 2.95. The lowest BCUT2D eigenvalue weighted by Gasteiger charge is -2.22. The number of ether oxygens (including phenoxy) is 1. The lowest BCUT2D eigenvalue weighted by molar-refractivity contribution is -0.143. The largest absolute Gasteiger partial charge is 0.461 e. The number of Topliss-reactive ketones (excluding diaryl/α,β-unsaturated/α-hetero) is 1. The molecular formula is C15H22O3. The highest BCUT2D eigenvalue weighted by Crippen LogP contribution is 2.36. The molecule has 0 spiro atoms. The average Bonchev–Trinajstić information content (AvgIpc) is 2.58. The zero-order chi connectivity index (χ0) is 13.3. The monoisotopic (exact) mass is 250 g/mol. The number of esters is 1. The Labute approximate surface area is 109 Å². The van der Waals surface area contributed by atoms with Crippen LogP contribution in [-0.4, -0.2) is 17.9 Å². The number of carbonyl (C=O) groups is 2. The van der Waals surface area contributed by atoms with Gasteiger partial charge in [-0.1, -0.05) is 25.5 Å². The molecular weight excluding hydrogens is 228 g/mol. The summed E-state index contributed by atoms with van der Waals surface area (Å²) < 4.78 is 5.48. The van der Waals surface area contributed by atoms with Crippen molar-refractivity contribution in [2.24, 2.45) is 17.8 Å². The van der Waals surface area contributed by atoms with Gasteiger partial charge in [-0.3, -0.25) is 9.59 Å². The maximum absolute atomic E-state index is 11.9. The second-order valence-electron chi connectivity index (χ2n) is 5.83. The lowest BCUT2D eigenvalue weighted by atomic mass is 9.81. The van der Waals surface area contributed by atoms with E-state index in [0.717, 1.165) is 24.8 Å². The topological polar surface area (TPSA) is 43.4 Å². The van der Waals surface area contributed by atoms with Gasteiger partial charge in [0.15, 0.2) is 0 Å². The van der Waals surface area contributed by atoms with Crippen LogP contribution in [0.1, 0.15) is 46.5 Å². The third-order valence-electron chi connectivity index (χ3n) is 4.42. The summed E-state index contributed by atoms with van der Waals surface area (Å²) >= 11 is 0. The van der Waals surface area contributed by atoms with E-state index in [1.54, 1.807) is 0 Å². The number of ketones is 1. The summed E-state index contributed by atoms with van der Waals surface area (Å²) in [6.45, 7) is 5.96. The van der Waals surface area contributed by atoms with Crippen molar-refractivity contribution < 1.29 is 14.3 Å². The van der Waals surface area contributed by atoms with E-state index in [-0.39, 0.29) is 29.8 Å². The minimum atomic E-state index is -0.0731. The van der Waals surface area contributed by atoms with Crippen LogP contribution in [-0.2, 0) is 14.3 Å². The first kappa shape index (κ1) is 13.3. The van der Waals surface area contributed by atoms with Crippen molar-refractivity contribution >= 4 is 11.8 Å². The Kier molecular flexibility index (Phi) is 3.88. The Balaban J connectivity index is 2.19. The highest BCUT2D eigenvalue weighted by molar-refractivity contribution is 5.82. The van der Waals surface area contributed by atoms with E-state index in [9.17, 15) is 9.59 Å². The molecule has 0 bridgehead atoms. The van der Waals surface area contributed by atoms with Crippen molar-refractivity contribution in [3.05, 3.63) is 11.6 Å². The van der Waals surface area contributed by atoms with Crippen LogP contribution in [0, 0.1) is 17.8 Å². The number of fused-ring (bicyclic) bond motifs is 1. The van der Waals surface area contributed by atoms with Gasteiger partial charge in [-0.15, -0.1) is 0 Å². The first-order valence-corrected chi connectivity index (χ1v) is 6.88. The molecule has 4 atom stereocenters. The fraction of sp³-hybridized carbons (Fsp3) is 0.733. The van der Waals surface area contributed by atoms with Gasteiger partial charge in [0.2, 0.25) is 0 Å². The maximum Gasteiger partial charge on any atom is 0.309 e. The maximum atomic E-state index is 11.9. The summed E-state index contributed by atoms with van der Waals surface area (Å²) in [5.74, 6) is 0.580. The van der Waals surface area contributed by atoms with Crippen LogP contribution in [0.5, 0.6) is 0 Å². The highest BCUT2D eigenvalue weighted by Gasteiger charge is 2.41. The van der Waals surface area contributed by atoms with E-state index in [1.165, 1.54) is 0 Å². The highest BCUT2D eigenvalue weighted by atomic mass is 16.6. The van der Waals surface area contributed by atoms with Crippen LogP contribution in [0.15, 0.2) is 11.6 Å². The number of hydrogen-bond donors (Lipinski definition) is 0. The predicted molar refractivity (Wildman–Crippen MR) is 68.9 cm³/mol. The molecule has 3 nitrogen and oxygen atoms in total. The molecule has 0 saturated carbocycles. The number of hydrogen-bond acceptors (Lipinski definition) is 3. The second kappa shape index (κ2) is 5.25. The van der Waals surface area contributed by atoms with Gasteiger partial charge in [-0.25, -0.2) is 0 Å². The summed E-state index contributed by atoms with van der Waals surface area (Å²) in [5.41, 5.74) is 1.16. The molecule has 0 aromatic carbocycles. The Morgan fingerprint density at radius 2 is 1.94 bits per heavy atom. The molecule has 1 fully saturated rings. The second-order valence-corrected chi connectivity index (χ2v) is 5.83. The summed E-state index contributed by atoms with van der Waals surface area (Å²) in [5, 5.41) is 0. The molecule has 3 heteroatoms. The first-order valence-electron chi connectivity index (χ1n) is 6.88. The predicted octanol–water partition coefficient (Wildman–Crippen LogP) is 2.89. The van der Waals surface area contributed by atoms with Gasteiger partial charge in [-0.2, -0.15) is 0 Å². The smallest absolute Gasteiger partial charge is 0.309 e. The number of rotatable bonds is 0. The van der Waals surface area contributed by atoms with E-state index < -0.39 is 0 Å². The standard InChI is InChI=1S/C15H22O3/c1-9-4-7-13(16)10(2)5-6-12-11(3)15(17)18-14(12)8-9/h4,10-12,14H,5-8H2,1-3H3. The van der Waals surface area contributed by atoms with Crippen molar-refractivity contribution in [1.29, 1.82) is 0 Å². The molecule has 0 radical (unpaired) electrons. The zero-order valence-electron chi connectivity index (χ0n) is 11.4. The van der Waals surface area contributed by atoms with Gasteiger partial charge >= 0.3 is 5.97 Å². The fourth-order valence-corrected chi connectivity index (χ4v) is 2.95. The van der Waals surface area contributed by atoms with Gasteiger partial charge in [0.05, 0.1) is 5.92 Å². The van der Waals surface area contributed by atoms with Crippen LogP contribution < -0.4 is 0 Å². The molecule has 0 amide bonds. The average molecular weight is 250 g/mol. The van der Waals surface area contributed by atoms with Gasteiger partial charge in [0, 0.05) is 24.7 Å². The molecule has 1 aliphatic heterocycles. The Hall–Kier alpha value is -1.12. The van der Waals surface area contributed by atoms with Crippen molar-refractivity contribution in [1.82, 2.24) is 0 Å². The van der Waals surface area contributed by atoms with Crippen LogP contribution >= 0.6 is 0 Å². The third-order valence-corrected chi connectivity index (χ3v) is 4.42. The van der Waals surface area contributed by atoms with Crippen molar-refractivity contribution in [3.63, 3.8) is 0 Å². The summed E-state index contributed by atoms with van der Waals surface area (Å²) in [4.78, 5) is 23.6. The Morgan fingerprint density at radius 1 is 1.22 bits per heavy atom. The SMILES string of the molecule is CC1=CCC(=O)C(C)CCC2C(C1)OC(=O)C2C. The van der Waals surface area contributed by atoms with Crippen molar-refractivity contribution in [3.8, 4) is 0 Å². The normalized spacial score (nSPS) is 37.8. The van der Waals surface area contributed by atoms with Crippen LogP contribution in [0.3, 0.4) is 0 Å². The van der Waals surface area contributed by atoms with E-state index in [4.69, 9.17) is 4.74 Å². The molecule has 1 aliphatic carbocycles. The molecule has 2 aliphatic rings. The molecule has 100 valence electrons. The summed E-state index contributed by atoms with van der Waals surface area (Å²) in [6.07, 6.45) is 5.10. The molecule has 0 aromatic heterocycles. The zero-order valence-corrected chi connectivity index (χ0v) is 11.4. The van der Waals surface area contributed by atoms with Gasteiger partial charge in [0.25, 0.3) is 0 Å². The molecule has 4 unspecified atom stereocenters. The minimum absolute atomic E-state index is 0.0177. The minimum Gasteiger partial charge on any atom is -0.461 e. The van der Waals surface area contributed by atoms with Gasteiger partial charge in [-0.05, 0) is 19.8 Å². The van der Waals surface area contributed by atoms with E-state index in [2.05, 4.69) is 0 Å². The molecule has 1 heterocycles. The van der Waals surface area contributed by atoms with E-state index in [0.29, 0.717) is 12.2 Å². The first-order chi connectivity index (χ1) is 8.49. The molecule has 2 rings (SSSR count). The number of carbonyl (C=O) groups excluding carboxylic acids is 2. The van der Waals surface area contributed by atoms with Crippen LogP contribution in [0.2, 0.25) is 0 Å². The van der Waals surface area contributed by atoms with E-state index >= 15 is 0 Å². The molecule has 18 heavy (non-hydrogen) atoms. The number of allylic oxidation sites excluding steroid dienone is 1. The molecule has 0 N–H and O–H groups in total. The van der Waals surface area contributed by atoms with Gasteiger partial charge < -0.3 is 4.74 Å². The van der Waals surface area contributed by atoms with Crippen molar-refractivity contribution in [2.75, 3.05) is 0 Å². The third kappa shape index (κ3) is 2.65. The van der Waals surface area contributed by atoms with Crippen LogP contribution in [0.4, 0.5) is 0 Å². The Bertz CT molecular complexity index is 383. The molecule has 1 saturated heterocycles. The molecule has 0 aromatic rings. The summed E-state index contributed by atoms with van der Waals surface area (Å²) in [6, 6.07) is 0. The van der Waals surface area contributed by atoms with Crippen molar-refractivity contribution in [2.45, 2.75) is 52.6 Å². The van der Waals surface area contributed by atoms with E-state index in [1.807, 2.05) is 26.8 Å². The summed E-state index contributed by atoms with van der Waals surface area (Å²) in [7, 11) is 0. The Morgan fingerprint density at radius 3 is 2.67 bits per heavy atom.